The molecule has 1 aromatic carbocycles. The highest BCUT2D eigenvalue weighted by molar-refractivity contribution is 9.10. The third-order valence-electron chi connectivity index (χ3n) is 5.04. The molecule has 0 unspecified atom stereocenters. The van der Waals surface area contributed by atoms with Gasteiger partial charge in [-0.05, 0) is 39.9 Å². The van der Waals surface area contributed by atoms with E-state index in [1.54, 1.807) is 19.1 Å². The van der Waals surface area contributed by atoms with Gasteiger partial charge in [0.15, 0.2) is 11.7 Å². The van der Waals surface area contributed by atoms with Crippen LogP contribution in [0.5, 0.6) is 0 Å². The molecule has 3 aromatic rings. The molecule has 5 nitrogen and oxygen atoms in total. The number of aromatic nitrogens is 2. The normalized spacial score (nSPS) is 19.6. The zero-order chi connectivity index (χ0) is 21.5. The van der Waals surface area contributed by atoms with Gasteiger partial charge in [0.2, 0.25) is 0 Å². The number of hydrogen-bond donors (Lipinski definition) is 2. The molecule has 0 saturated heterocycles. The Balaban J connectivity index is 1.65. The van der Waals surface area contributed by atoms with Gasteiger partial charge in [-0.2, -0.15) is 18.3 Å². The lowest BCUT2D eigenvalue weighted by atomic mass is 10.0. The van der Waals surface area contributed by atoms with Gasteiger partial charge in [0.25, 0.3) is 5.91 Å². The molecule has 4 rings (SSSR count). The average molecular weight is 499 g/mol. The Hall–Kier alpha value is -2.33. The van der Waals surface area contributed by atoms with Gasteiger partial charge in [-0.25, -0.2) is 4.68 Å². The molecular formula is C20H18BrF3N4OS. The summed E-state index contributed by atoms with van der Waals surface area (Å²) in [6, 6.07) is 10.2. The van der Waals surface area contributed by atoms with Crippen LogP contribution in [-0.4, -0.2) is 21.9 Å². The molecule has 2 N–H and O–H groups in total. The number of amides is 1. The molecule has 1 aliphatic heterocycles. The molecule has 0 aliphatic carbocycles. The number of nitrogens with zero attached hydrogens (tertiary/aromatic N) is 2. The molecule has 0 saturated carbocycles. The third kappa shape index (κ3) is 3.98. The van der Waals surface area contributed by atoms with Gasteiger partial charge in [-0.3, -0.25) is 4.79 Å². The molecule has 3 atom stereocenters. The van der Waals surface area contributed by atoms with Crippen LogP contribution in [0, 0.1) is 0 Å². The summed E-state index contributed by atoms with van der Waals surface area (Å²) < 4.78 is 42.5. The van der Waals surface area contributed by atoms with Gasteiger partial charge in [-0.1, -0.05) is 36.4 Å². The van der Waals surface area contributed by atoms with Crippen molar-refractivity contribution in [1.82, 2.24) is 15.1 Å². The first-order valence-corrected chi connectivity index (χ1v) is 10.9. The number of carbonyl (C=O) groups is 1. The topological polar surface area (TPSA) is 59.0 Å². The Labute approximate surface area is 183 Å². The van der Waals surface area contributed by atoms with Gasteiger partial charge in [0, 0.05) is 11.3 Å². The van der Waals surface area contributed by atoms with E-state index in [4.69, 9.17) is 0 Å². The predicted molar refractivity (Wildman–Crippen MR) is 113 cm³/mol. The van der Waals surface area contributed by atoms with E-state index in [1.165, 1.54) is 11.3 Å². The van der Waals surface area contributed by atoms with Crippen molar-refractivity contribution < 1.29 is 18.0 Å². The lowest BCUT2D eigenvalue weighted by Gasteiger charge is -2.33. The maximum absolute atomic E-state index is 13.8. The molecule has 10 heteroatoms. The monoisotopic (exact) mass is 498 g/mol. The van der Waals surface area contributed by atoms with Crippen molar-refractivity contribution in [3.8, 4) is 0 Å². The Bertz CT molecular complexity index is 1040. The van der Waals surface area contributed by atoms with E-state index in [-0.39, 0.29) is 28.4 Å². The van der Waals surface area contributed by atoms with Gasteiger partial charge in [0.1, 0.15) is 5.82 Å². The number of thiophene rings is 1. The molecule has 1 aliphatic rings. The van der Waals surface area contributed by atoms with E-state index in [0.29, 0.717) is 0 Å². The van der Waals surface area contributed by atoms with Crippen LogP contribution in [0.4, 0.5) is 19.0 Å². The number of carbonyl (C=O) groups excluding carboxylic acids is 1. The molecule has 30 heavy (non-hydrogen) atoms. The van der Waals surface area contributed by atoms with Crippen LogP contribution in [0.25, 0.3) is 0 Å². The van der Waals surface area contributed by atoms with Crippen molar-refractivity contribution in [2.24, 2.45) is 0 Å². The van der Waals surface area contributed by atoms with Gasteiger partial charge in [-0.15, -0.1) is 11.3 Å². The van der Waals surface area contributed by atoms with Crippen molar-refractivity contribution in [2.75, 3.05) is 5.32 Å². The predicted octanol–water partition coefficient (Wildman–Crippen LogP) is 5.86. The molecular weight excluding hydrogens is 481 g/mol. The van der Waals surface area contributed by atoms with E-state index in [9.17, 15) is 18.0 Å². The third-order valence-corrected chi connectivity index (χ3v) is 6.78. The first-order chi connectivity index (χ1) is 14.3. The minimum absolute atomic E-state index is 0.0821. The van der Waals surface area contributed by atoms with Crippen LogP contribution in [0.15, 0.2) is 52.3 Å². The Morgan fingerprint density at radius 1 is 1.30 bits per heavy atom. The summed E-state index contributed by atoms with van der Waals surface area (Å²) in [5.74, 6) is -0.394. The number of nitrogens with one attached hydrogen (secondary N) is 2. The quantitative estimate of drug-likeness (QED) is 0.473. The highest BCUT2D eigenvalue weighted by Crippen LogP contribution is 2.46. The molecule has 1 amide bonds. The van der Waals surface area contributed by atoms with E-state index in [2.05, 4.69) is 31.7 Å². The maximum Gasteiger partial charge on any atom is 0.410 e. The number of halogens is 4. The Morgan fingerprint density at radius 3 is 2.67 bits per heavy atom. The summed E-state index contributed by atoms with van der Waals surface area (Å²) in [6.07, 6.45) is -4.70. The first-order valence-electron chi connectivity index (χ1n) is 9.26. The fourth-order valence-electron chi connectivity index (χ4n) is 3.50. The van der Waals surface area contributed by atoms with Crippen LogP contribution in [0.1, 0.15) is 52.4 Å². The number of anilines is 1. The second-order valence-corrected chi connectivity index (χ2v) is 8.84. The van der Waals surface area contributed by atoms with Crippen molar-refractivity contribution in [3.63, 3.8) is 0 Å². The maximum atomic E-state index is 13.8. The molecule has 158 valence electrons. The van der Waals surface area contributed by atoms with Crippen molar-refractivity contribution in [2.45, 2.75) is 37.6 Å². The molecule has 3 heterocycles. The SMILES string of the molecule is C[C@H](NC(=O)c1nn2c(c1Br)N[C@@H](c1cccs1)C[C@@H]2C(F)(F)F)c1ccccc1. The van der Waals surface area contributed by atoms with Crippen molar-refractivity contribution >= 4 is 39.0 Å². The standard InChI is InChI=1S/C20H18BrF3N4OS/c1-11(12-6-3-2-4-7-12)25-19(29)17-16(21)18-26-13(14-8-5-9-30-14)10-15(20(22,23)24)28(18)27-17/h2-9,11,13,15,26H,10H2,1H3,(H,25,29)/t11-,13+,15+/m0/s1. The van der Waals surface area contributed by atoms with Crippen LogP contribution >= 0.6 is 27.3 Å². The summed E-state index contributed by atoms with van der Waals surface area (Å²) in [5, 5.41) is 11.8. The largest absolute Gasteiger partial charge is 0.410 e. The number of benzene rings is 1. The van der Waals surface area contributed by atoms with E-state index >= 15 is 0 Å². The molecule has 0 fully saturated rings. The van der Waals surface area contributed by atoms with E-state index < -0.39 is 24.2 Å². The lowest BCUT2D eigenvalue weighted by Crippen LogP contribution is -2.35. The zero-order valence-electron chi connectivity index (χ0n) is 15.8. The smallest absolute Gasteiger partial charge is 0.362 e. The lowest BCUT2D eigenvalue weighted by molar-refractivity contribution is -0.173. The van der Waals surface area contributed by atoms with Crippen LogP contribution in [-0.2, 0) is 0 Å². The number of fused-ring (bicyclic) bond motifs is 1. The van der Waals surface area contributed by atoms with E-state index in [1.807, 2.05) is 35.7 Å². The summed E-state index contributed by atoms with van der Waals surface area (Å²) in [4.78, 5) is 13.6. The second-order valence-electron chi connectivity index (χ2n) is 7.07. The number of hydrogen-bond acceptors (Lipinski definition) is 4. The molecule has 0 spiro atoms. The summed E-state index contributed by atoms with van der Waals surface area (Å²) >= 11 is 4.69. The first kappa shape index (κ1) is 20.9. The van der Waals surface area contributed by atoms with Gasteiger partial charge >= 0.3 is 6.18 Å². The summed E-state index contributed by atoms with van der Waals surface area (Å²) in [6.45, 7) is 1.81. The van der Waals surface area contributed by atoms with Crippen LogP contribution < -0.4 is 10.6 Å². The fraction of sp³-hybridized carbons (Fsp3) is 0.300. The molecule has 0 radical (unpaired) electrons. The number of rotatable bonds is 4. The van der Waals surface area contributed by atoms with Crippen LogP contribution in [0.2, 0.25) is 0 Å². The average Bonchev–Trinajstić information content (AvgIpc) is 3.36. The summed E-state index contributed by atoms with van der Waals surface area (Å²) in [5.41, 5.74) is 0.802. The van der Waals surface area contributed by atoms with E-state index in [0.717, 1.165) is 15.1 Å². The second kappa shape index (κ2) is 8.07. The minimum Gasteiger partial charge on any atom is -0.362 e. The van der Waals surface area contributed by atoms with Gasteiger partial charge in [0.05, 0.1) is 16.6 Å². The highest BCUT2D eigenvalue weighted by atomic mass is 79.9. The fourth-order valence-corrected chi connectivity index (χ4v) is 4.85. The van der Waals surface area contributed by atoms with Crippen LogP contribution in [0.3, 0.4) is 0 Å². The minimum atomic E-state index is -4.50. The zero-order valence-corrected chi connectivity index (χ0v) is 18.2. The van der Waals surface area contributed by atoms with Crippen molar-refractivity contribution in [1.29, 1.82) is 0 Å². The Morgan fingerprint density at radius 2 is 2.03 bits per heavy atom. The number of alkyl halides is 3. The molecule has 0 bridgehead atoms. The van der Waals surface area contributed by atoms with Gasteiger partial charge < -0.3 is 10.6 Å². The summed E-state index contributed by atoms with van der Waals surface area (Å²) in [7, 11) is 0. The highest BCUT2D eigenvalue weighted by Gasteiger charge is 2.48. The Kier molecular flexibility index (Phi) is 5.63. The van der Waals surface area contributed by atoms with Crippen molar-refractivity contribution in [3.05, 3.63) is 68.5 Å². The molecule has 2 aromatic heterocycles.